The van der Waals surface area contributed by atoms with E-state index in [1.165, 1.54) is 13.5 Å². The molecule has 3 rings (SSSR count). The van der Waals surface area contributed by atoms with Gasteiger partial charge in [0, 0.05) is 12.6 Å². The van der Waals surface area contributed by atoms with E-state index in [9.17, 15) is 9.59 Å². The molecule has 2 fully saturated rings. The molecule has 7 nitrogen and oxygen atoms in total. The number of benzene rings is 1. The molecule has 154 valence electrons. The van der Waals surface area contributed by atoms with Crippen molar-refractivity contribution in [3.63, 3.8) is 0 Å². The summed E-state index contributed by atoms with van der Waals surface area (Å²) in [6.07, 6.45) is 5.32. The highest BCUT2D eigenvalue weighted by Crippen LogP contribution is 2.39. The first-order valence-electron chi connectivity index (χ1n) is 9.88. The number of methoxy groups -OCH3 is 3. The highest BCUT2D eigenvalue weighted by atomic mass is 16.5. The van der Waals surface area contributed by atoms with Gasteiger partial charge in [0.2, 0.25) is 5.91 Å². The average Bonchev–Trinajstić information content (AvgIpc) is 3.09. The lowest BCUT2D eigenvalue weighted by Crippen LogP contribution is -2.47. The van der Waals surface area contributed by atoms with Crippen molar-refractivity contribution in [1.82, 2.24) is 10.2 Å². The minimum absolute atomic E-state index is 0.0880. The Kier molecular flexibility index (Phi) is 6.78. The van der Waals surface area contributed by atoms with Crippen LogP contribution in [0.3, 0.4) is 0 Å². The van der Waals surface area contributed by atoms with Crippen molar-refractivity contribution in [3.05, 3.63) is 23.8 Å². The van der Waals surface area contributed by atoms with Crippen LogP contribution in [0.2, 0.25) is 0 Å². The van der Waals surface area contributed by atoms with Gasteiger partial charge in [-0.1, -0.05) is 18.9 Å². The molecule has 0 spiro atoms. The fourth-order valence-corrected chi connectivity index (χ4v) is 4.56. The highest BCUT2D eigenvalue weighted by molar-refractivity contribution is 5.81. The molecule has 0 aromatic heterocycles. The molecular formula is C21H30N2O5. The number of carbonyl (C=O) groups excluding carboxylic acids is 2. The number of fused-ring (bicyclic) bond motifs is 1. The Morgan fingerprint density at radius 1 is 1.11 bits per heavy atom. The SMILES string of the molecule is COC(=O)[C@@H]1C[C@H]2CCCC[C@@H]2N1CC(=O)NCc1ccc(OC)c(OC)c1. The first-order chi connectivity index (χ1) is 13.6. The molecule has 1 heterocycles. The van der Waals surface area contributed by atoms with Crippen LogP contribution >= 0.6 is 0 Å². The summed E-state index contributed by atoms with van der Waals surface area (Å²) in [4.78, 5) is 26.9. The van der Waals surface area contributed by atoms with Crippen LogP contribution in [0.4, 0.5) is 0 Å². The summed E-state index contributed by atoms with van der Waals surface area (Å²) in [7, 11) is 4.59. The van der Waals surface area contributed by atoms with E-state index in [0.29, 0.717) is 30.0 Å². The van der Waals surface area contributed by atoms with Crippen molar-refractivity contribution >= 4 is 11.9 Å². The first kappa shape index (κ1) is 20.5. The molecule has 1 aliphatic heterocycles. The Bertz CT molecular complexity index is 708. The quantitative estimate of drug-likeness (QED) is 0.719. The van der Waals surface area contributed by atoms with E-state index in [2.05, 4.69) is 10.2 Å². The molecule has 1 saturated heterocycles. The zero-order valence-corrected chi connectivity index (χ0v) is 16.9. The number of ether oxygens (including phenoxy) is 3. The van der Waals surface area contributed by atoms with Crippen molar-refractivity contribution in [1.29, 1.82) is 0 Å². The second-order valence-electron chi connectivity index (χ2n) is 7.52. The van der Waals surface area contributed by atoms with Gasteiger partial charge in [-0.25, -0.2) is 0 Å². The van der Waals surface area contributed by atoms with Gasteiger partial charge in [-0.05, 0) is 42.9 Å². The summed E-state index contributed by atoms with van der Waals surface area (Å²) in [6, 6.07) is 5.55. The normalized spacial score (nSPS) is 24.3. The molecule has 28 heavy (non-hydrogen) atoms. The van der Waals surface area contributed by atoms with Crippen LogP contribution in [0.5, 0.6) is 11.5 Å². The van der Waals surface area contributed by atoms with Crippen molar-refractivity contribution in [3.8, 4) is 11.5 Å². The molecule has 0 unspecified atom stereocenters. The summed E-state index contributed by atoms with van der Waals surface area (Å²) in [6.45, 7) is 0.609. The number of carbonyl (C=O) groups is 2. The lowest BCUT2D eigenvalue weighted by atomic mass is 9.85. The van der Waals surface area contributed by atoms with Crippen molar-refractivity contribution < 1.29 is 23.8 Å². The maximum absolute atomic E-state index is 12.6. The molecule has 1 saturated carbocycles. The van der Waals surface area contributed by atoms with E-state index in [-0.39, 0.29) is 24.5 Å². The minimum Gasteiger partial charge on any atom is -0.493 e. The fraction of sp³-hybridized carbons (Fsp3) is 0.619. The average molecular weight is 390 g/mol. The third kappa shape index (κ3) is 4.41. The van der Waals surface area contributed by atoms with E-state index in [1.807, 2.05) is 18.2 Å². The Balaban J connectivity index is 1.61. The first-order valence-corrected chi connectivity index (χ1v) is 9.88. The number of likely N-dealkylation sites (tertiary alicyclic amines) is 1. The Morgan fingerprint density at radius 2 is 1.86 bits per heavy atom. The molecule has 3 atom stereocenters. The molecule has 2 aliphatic rings. The van der Waals surface area contributed by atoms with Gasteiger partial charge < -0.3 is 19.5 Å². The van der Waals surface area contributed by atoms with Crippen LogP contribution < -0.4 is 14.8 Å². The third-order valence-electron chi connectivity index (χ3n) is 5.96. The molecule has 0 bridgehead atoms. The van der Waals surface area contributed by atoms with Gasteiger partial charge in [-0.15, -0.1) is 0 Å². The molecule has 7 heteroatoms. The summed E-state index contributed by atoms with van der Waals surface area (Å²) >= 11 is 0. The third-order valence-corrected chi connectivity index (χ3v) is 5.96. The van der Waals surface area contributed by atoms with Crippen LogP contribution in [-0.4, -0.2) is 56.7 Å². The highest BCUT2D eigenvalue weighted by Gasteiger charge is 2.46. The Labute approximate surface area is 166 Å². The molecule has 1 aliphatic carbocycles. The summed E-state index contributed by atoms with van der Waals surface area (Å²) in [5.41, 5.74) is 0.924. The van der Waals surface area contributed by atoms with Gasteiger partial charge in [-0.2, -0.15) is 0 Å². The molecule has 0 radical (unpaired) electrons. The molecular weight excluding hydrogens is 360 g/mol. The van der Waals surface area contributed by atoms with Crippen LogP contribution in [0, 0.1) is 5.92 Å². The van der Waals surface area contributed by atoms with E-state index >= 15 is 0 Å². The number of esters is 1. The molecule has 1 N–H and O–H groups in total. The molecule has 1 amide bonds. The zero-order chi connectivity index (χ0) is 20.1. The minimum atomic E-state index is -0.315. The lowest BCUT2D eigenvalue weighted by Gasteiger charge is -2.32. The van der Waals surface area contributed by atoms with E-state index in [0.717, 1.165) is 31.2 Å². The van der Waals surface area contributed by atoms with Crippen LogP contribution in [-0.2, 0) is 20.9 Å². The van der Waals surface area contributed by atoms with Gasteiger partial charge in [0.05, 0.1) is 27.9 Å². The number of hydrogen-bond donors (Lipinski definition) is 1. The van der Waals surface area contributed by atoms with E-state index in [1.54, 1.807) is 14.2 Å². The number of nitrogens with zero attached hydrogens (tertiary/aromatic N) is 1. The summed E-state index contributed by atoms with van der Waals surface area (Å²) in [5, 5.41) is 2.96. The monoisotopic (exact) mass is 390 g/mol. The lowest BCUT2D eigenvalue weighted by molar-refractivity contribution is -0.146. The second kappa shape index (κ2) is 9.28. The van der Waals surface area contributed by atoms with E-state index in [4.69, 9.17) is 14.2 Å². The van der Waals surface area contributed by atoms with Crippen molar-refractivity contribution in [2.75, 3.05) is 27.9 Å². The van der Waals surface area contributed by atoms with E-state index < -0.39 is 0 Å². The van der Waals surface area contributed by atoms with Crippen molar-refractivity contribution in [2.45, 2.75) is 50.7 Å². The Hall–Kier alpha value is -2.28. The smallest absolute Gasteiger partial charge is 0.323 e. The molecule has 1 aromatic carbocycles. The number of hydrogen-bond acceptors (Lipinski definition) is 6. The van der Waals surface area contributed by atoms with Gasteiger partial charge in [-0.3, -0.25) is 14.5 Å². The summed E-state index contributed by atoms with van der Waals surface area (Å²) in [5.74, 6) is 1.44. The largest absolute Gasteiger partial charge is 0.493 e. The number of rotatable bonds is 7. The number of amides is 1. The molecule has 1 aromatic rings. The van der Waals surface area contributed by atoms with Crippen LogP contribution in [0.25, 0.3) is 0 Å². The number of nitrogens with one attached hydrogen (secondary N) is 1. The fourth-order valence-electron chi connectivity index (χ4n) is 4.56. The van der Waals surface area contributed by atoms with Crippen molar-refractivity contribution in [2.24, 2.45) is 5.92 Å². The summed E-state index contributed by atoms with van der Waals surface area (Å²) < 4.78 is 15.5. The Morgan fingerprint density at radius 3 is 2.57 bits per heavy atom. The predicted octanol–water partition coefficient (Wildman–Crippen LogP) is 2.13. The van der Waals surface area contributed by atoms with Crippen LogP contribution in [0.1, 0.15) is 37.7 Å². The second-order valence-corrected chi connectivity index (χ2v) is 7.52. The standard InChI is InChI=1S/C21H30N2O5/c1-26-18-9-8-14(10-19(18)27-2)12-22-20(24)13-23-16-7-5-4-6-15(16)11-17(23)21(25)28-3/h8-10,15-17H,4-7,11-13H2,1-3H3,(H,22,24)/t15-,16+,17+/m1/s1. The van der Waals surface area contributed by atoms with Gasteiger partial charge in [0.1, 0.15) is 6.04 Å². The van der Waals surface area contributed by atoms with Gasteiger partial charge in [0.15, 0.2) is 11.5 Å². The maximum atomic E-state index is 12.6. The maximum Gasteiger partial charge on any atom is 0.323 e. The van der Waals surface area contributed by atoms with Crippen LogP contribution in [0.15, 0.2) is 18.2 Å². The predicted molar refractivity (Wildman–Crippen MR) is 104 cm³/mol. The topological polar surface area (TPSA) is 77.1 Å². The zero-order valence-electron chi connectivity index (χ0n) is 16.9. The van der Waals surface area contributed by atoms with Gasteiger partial charge >= 0.3 is 5.97 Å². The van der Waals surface area contributed by atoms with Gasteiger partial charge in [0.25, 0.3) is 0 Å².